The third kappa shape index (κ3) is 4.18. The first kappa shape index (κ1) is 18.8. The number of nitrogens with zero attached hydrogens (tertiary/aromatic N) is 2. The zero-order chi connectivity index (χ0) is 20.1. The van der Waals surface area contributed by atoms with Crippen LogP contribution in [0.25, 0.3) is 11.1 Å². The van der Waals surface area contributed by atoms with Crippen molar-refractivity contribution in [2.45, 2.75) is 6.92 Å². The van der Waals surface area contributed by atoms with Crippen LogP contribution >= 0.6 is 11.3 Å². The van der Waals surface area contributed by atoms with Gasteiger partial charge < -0.3 is 0 Å². The number of para-hydroxylation sites is 2. The minimum atomic E-state index is 0.810. The zero-order valence-corrected chi connectivity index (χ0v) is 16.8. The molecule has 4 heteroatoms. The van der Waals surface area contributed by atoms with Crippen LogP contribution in [0.1, 0.15) is 12.5 Å². The normalized spacial score (nSPS) is 11.3. The predicted octanol–water partition coefficient (Wildman–Crippen LogP) is 6.85. The summed E-state index contributed by atoms with van der Waals surface area (Å²) < 4.78 is 0. The van der Waals surface area contributed by atoms with Crippen LogP contribution in [0.5, 0.6) is 0 Å². The van der Waals surface area contributed by atoms with Crippen molar-refractivity contribution in [1.29, 1.82) is 0 Å². The molecule has 29 heavy (non-hydrogen) atoms. The van der Waals surface area contributed by atoms with Gasteiger partial charge in [0.15, 0.2) is 0 Å². The summed E-state index contributed by atoms with van der Waals surface area (Å²) >= 11 is 1.69. The van der Waals surface area contributed by atoms with E-state index in [9.17, 15) is 4.79 Å². The highest BCUT2D eigenvalue weighted by molar-refractivity contribution is 7.08. The summed E-state index contributed by atoms with van der Waals surface area (Å²) in [5.74, 6) is 0. The van der Waals surface area contributed by atoms with Gasteiger partial charge in [-0.1, -0.05) is 48.5 Å². The minimum Gasteiger partial charge on any atom is -0.283 e. The second-order valence-electron chi connectivity index (χ2n) is 6.58. The maximum absolute atomic E-state index is 11.9. The molecule has 0 radical (unpaired) electrons. The van der Waals surface area contributed by atoms with Gasteiger partial charge in [0.05, 0.1) is 11.4 Å². The summed E-state index contributed by atoms with van der Waals surface area (Å²) in [7, 11) is 0. The number of carbonyl (C=O) groups excluding carboxylic acids is 1. The zero-order valence-electron chi connectivity index (χ0n) is 16.0. The summed E-state index contributed by atoms with van der Waals surface area (Å²) in [6.07, 6.45) is 0.844. The first-order valence-corrected chi connectivity index (χ1v) is 10.3. The number of amides is 1. The van der Waals surface area contributed by atoms with Crippen LogP contribution in [-0.4, -0.2) is 12.1 Å². The van der Waals surface area contributed by atoms with Crippen molar-refractivity contribution in [2.75, 3.05) is 4.90 Å². The van der Waals surface area contributed by atoms with Gasteiger partial charge in [-0.3, -0.25) is 14.7 Å². The minimum absolute atomic E-state index is 0.810. The standard InChI is InChI=1S/C25H20N2OS/c1-19(26-22-13-11-20(12-14-22)21-15-16-29-17-21)24-9-5-6-10-25(24)27(18-28)23-7-3-2-4-8-23/h2-18H,1H3. The molecular formula is C25H20N2OS. The molecule has 0 atom stereocenters. The molecule has 142 valence electrons. The molecule has 1 heterocycles. The lowest BCUT2D eigenvalue weighted by Crippen LogP contribution is -2.17. The molecule has 0 N–H and O–H groups in total. The molecule has 4 aromatic rings. The van der Waals surface area contributed by atoms with Gasteiger partial charge >= 0.3 is 0 Å². The van der Waals surface area contributed by atoms with Gasteiger partial charge in [0.1, 0.15) is 0 Å². The molecule has 0 aliphatic carbocycles. The molecule has 0 unspecified atom stereocenters. The van der Waals surface area contributed by atoms with Gasteiger partial charge in [0, 0.05) is 17.0 Å². The Morgan fingerprint density at radius 1 is 0.862 bits per heavy atom. The third-order valence-electron chi connectivity index (χ3n) is 4.71. The maximum Gasteiger partial charge on any atom is 0.218 e. The molecule has 0 spiro atoms. The fourth-order valence-corrected chi connectivity index (χ4v) is 3.91. The number of aliphatic imine (C=N–C) groups is 1. The summed E-state index contributed by atoms with van der Waals surface area (Å²) in [5, 5.41) is 4.21. The average molecular weight is 397 g/mol. The van der Waals surface area contributed by atoms with Crippen molar-refractivity contribution in [3.05, 3.63) is 101 Å². The number of hydrogen-bond donors (Lipinski definition) is 0. The fourth-order valence-electron chi connectivity index (χ4n) is 3.25. The molecule has 0 saturated carbocycles. The van der Waals surface area contributed by atoms with Gasteiger partial charge in [-0.15, -0.1) is 0 Å². The van der Waals surface area contributed by atoms with Crippen LogP contribution in [0.4, 0.5) is 17.1 Å². The number of anilines is 2. The van der Waals surface area contributed by atoms with Gasteiger partial charge in [-0.25, -0.2) is 0 Å². The lowest BCUT2D eigenvalue weighted by Gasteiger charge is -2.21. The lowest BCUT2D eigenvalue weighted by atomic mass is 10.1. The molecule has 0 bridgehead atoms. The van der Waals surface area contributed by atoms with E-state index in [1.54, 1.807) is 16.2 Å². The molecule has 4 rings (SSSR count). The first-order valence-electron chi connectivity index (χ1n) is 9.33. The van der Waals surface area contributed by atoms with Crippen LogP contribution in [0.15, 0.2) is 101 Å². The monoisotopic (exact) mass is 396 g/mol. The molecule has 3 aromatic carbocycles. The number of rotatable bonds is 6. The molecule has 0 fully saturated rings. The number of thiophene rings is 1. The highest BCUT2D eigenvalue weighted by Crippen LogP contribution is 2.29. The second kappa shape index (κ2) is 8.67. The van der Waals surface area contributed by atoms with E-state index >= 15 is 0 Å². The van der Waals surface area contributed by atoms with Crippen LogP contribution in [0.3, 0.4) is 0 Å². The Labute approximate surface area is 174 Å². The molecule has 0 saturated heterocycles. The highest BCUT2D eigenvalue weighted by Gasteiger charge is 2.14. The first-order chi connectivity index (χ1) is 14.3. The Kier molecular flexibility index (Phi) is 5.63. The van der Waals surface area contributed by atoms with E-state index in [1.165, 1.54) is 11.1 Å². The van der Waals surface area contributed by atoms with Crippen molar-refractivity contribution in [3.8, 4) is 11.1 Å². The Balaban J connectivity index is 1.67. The SMILES string of the molecule is CC(=Nc1ccc(-c2ccsc2)cc1)c1ccccc1N(C=O)c1ccccc1. The van der Waals surface area contributed by atoms with Crippen LogP contribution in [0.2, 0.25) is 0 Å². The van der Waals surface area contributed by atoms with Crippen molar-refractivity contribution >= 4 is 40.5 Å². The highest BCUT2D eigenvalue weighted by atomic mass is 32.1. The Morgan fingerprint density at radius 3 is 2.28 bits per heavy atom. The van der Waals surface area contributed by atoms with Crippen LogP contribution < -0.4 is 4.90 Å². The molecular weight excluding hydrogens is 376 g/mol. The Morgan fingerprint density at radius 2 is 1.59 bits per heavy atom. The van der Waals surface area contributed by atoms with Gasteiger partial charge in [-0.2, -0.15) is 11.3 Å². The quantitative estimate of drug-likeness (QED) is 0.259. The van der Waals surface area contributed by atoms with E-state index in [0.717, 1.165) is 34.7 Å². The van der Waals surface area contributed by atoms with Crippen molar-refractivity contribution in [2.24, 2.45) is 4.99 Å². The molecule has 0 aliphatic rings. The van der Waals surface area contributed by atoms with Crippen molar-refractivity contribution < 1.29 is 4.79 Å². The smallest absolute Gasteiger partial charge is 0.218 e. The largest absolute Gasteiger partial charge is 0.283 e. The number of carbonyl (C=O) groups is 1. The van der Waals surface area contributed by atoms with Crippen molar-refractivity contribution in [3.63, 3.8) is 0 Å². The van der Waals surface area contributed by atoms with Gasteiger partial charge in [-0.05, 0) is 65.2 Å². The number of hydrogen-bond acceptors (Lipinski definition) is 3. The van der Waals surface area contributed by atoms with Gasteiger partial charge in [0.2, 0.25) is 6.41 Å². The molecule has 0 aliphatic heterocycles. The second-order valence-corrected chi connectivity index (χ2v) is 7.36. The summed E-state index contributed by atoms with van der Waals surface area (Å²) in [4.78, 5) is 18.3. The van der Waals surface area contributed by atoms with Crippen LogP contribution in [0, 0.1) is 0 Å². The molecule has 3 nitrogen and oxygen atoms in total. The van der Waals surface area contributed by atoms with E-state index < -0.39 is 0 Å². The fraction of sp³-hybridized carbons (Fsp3) is 0.0400. The lowest BCUT2D eigenvalue weighted by molar-refractivity contribution is -0.106. The van der Waals surface area contributed by atoms with E-state index in [0.29, 0.717) is 0 Å². The number of benzene rings is 3. The summed E-state index contributed by atoms with van der Waals surface area (Å²) in [6.45, 7) is 1.97. The molecule has 1 aromatic heterocycles. The maximum atomic E-state index is 11.9. The van der Waals surface area contributed by atoms with E-state index in [4.69, 9.17) is 4.99 Å². The van der Waals surface area contributed by atoms with E-state index in [2.05, 4.69) is 29.0 Å². The third-order valence-corrected chi connectivity index (χ3v) is 5.40. The predicted molar refractivity (Wildman–Crippen MR) is 123 cm³/mol. The van der Waals surface area contributed by atoms with Gasteiger partial charge in [0.25, 0.3) is 0 Å². The average Bonchev–Trinajstić information content (AvgIpc) is 3.31. The van der Waals surface area contributed by atoms with Crippen LogP contribution in [-0.2, 0) is 4.79 Å². The van der Waals surface area contributed by atoms with Crippen molar-refractivity contribution in [1.82, 2.24) is 0 Å². The molecule has 1 amide bonds. The summed E-state index contributed by atoms with van der Waals surface area (Å²) in [6, 6.07) is 27.8. The topological polar surface area (TPSA) is 32.7 Å². The summed E-state index contributed by atoms with van der Waals surface area (Å²) in [5.41, 5.74) is 6.69. The Hall–Kier alpha value is -3.50. The Bertz CT molecular complexity index is 1120. The van der Waals surface area contributed by atoms with E-state index in [-0.39, 0.29) is 0 Å². The van der Waals surface area contributed by atoms with E-state index in [1.807, 2.05) is 73.7 Å².